The van der Waals surface area contributed by atoms with Crippen LogP contribution in [-0.2, 0) is 0 Å². The van der Waals surface area contributed by atoms with Crippen LogP contribution in [0.15, 0.2) is 143 Å². The number of nitriles is 1. The second-order valence-corrected chi connectivity index (χ2v) is 10.2. The molecule has 0 bridgehead atoms. The highest BCUT2D eigenvalue weighted by Gasteiger charge is 2.12. The Kier molecular flexibility index (Phi) is 6.44. The number of rotatable bonds is 5. The third kappa shape index (κ3) is 4.77. The van der Waals surface area contributed by atoms with Crippen LogP contribution in [0.4, 0.5) is 0 Å². The highest BCUT2D eigenvalue weighted by molar-refractivity contribution is 6.07. The minimum absolute atomic E-state index is 0.513. The Morgan fingerprint density at radius 3 is 1.86 bits per heavy atom. The van der Waals surface area contributed by atoms with E-state index < -0.39 is 6.17 Å². The quantitative estimate of drug-likeness (QED) is 0.229. The molecule has 0 amide bonds. The first-order chi connectivity index (χ1) is 20.7. The lowest BCUT2D eigenvalue weighted by Crippen LogP contribution is -2.17. The summed E-state index contributed by atoms with van der Waals surface area (Å²) in [5.41, 5.74) is 17.0. The zero-order valence-corrected chi connectivity index (χ0v) is 22.7. The summed E-state index contributed by atoms with van der Waals surface area (Å²) in [6.45, 7) is 0. The van der Waals surface area contributed by atoms with Crippen molar-refractivity contribution in [1.82, 2.24) is 4.98 Å². The minimum Gasteiger partial charge on any atom is -0.456 e. The highest BCUT2D eigenvalue weighted by Crippen LogP contribution is 2.35. The van der Waals surface area contributed by atoms with Gasteiger partial charge < -0.3 is 15.1 Å². The highest BCUT2D eigenvalue weighted by atomic mass is 16.3. The maximum Gasteiger partial charge on any atom is 0.135 e. The van der Waals surface area contributed by atoms with Crippen molar-refractivity contribution in [2.24, 2.45) is 10.7 Å². The van der Waals surface area contributed by atoms with Crippen LogP contribution in [0.25, 0.3) is 55.3 Å². The van der Waals surface area contributed by atoms with Crippen LogP contribution in [-0.4, -0.2) is 4.98 Å². The van der Waals surface area contributed by atoms with Gasteiger partial charge in [-0.15, -0.1) is 0 Å². The molecule has 0 spiro atoms. The topological polar surface area (TPSA) is 91.1 Å². The Balaban J connectivity index is 1.20. The van der Waals surface area contributed by atoms with E-state index in [1.165, 1.54) is 0 Å². The van der Waals surface area contributed by atoms with Crippen LogP contribution in [0.3, 0.4) is 0 Å². The molecule has 5 heteroatoms. The number of hydrogen-bond acceptors (Lipinski definition) is 4. The standard InChI is InChI=1S/C37H26N4O/c38-23-24-8-10-25(11-9-24)29-16-18-34-32(21-29)33-22-30(17-19-35(33)42-34)26-12-14-28(15-13-26)36(39)41-37-31(7-4-20-40-37)27-5-2-1-3-6-27/h1-22,36H,39H2,(H,40,41). The van der Waals surface area contributed by atoms with Crippen molar-refractivity contribution in [3.8, 4) is 39.4 Å². The summed E-state index contributed by atoms with van der Waals surface area (Å²) in [6.07, 6.45) is 1.35. The maximum atomic E-state index is 9.13. The molecule has 0 saturated carbocycles. The summed E-state index contributed by atoms with van der Waals surface area (Å²) >= 11 is 0. The normalized spacial score (nSPS) is 12.4. The molecule has 0 aliphatic rings. The molecule has 0 fully saturated rings. The van der Waals surface area contributed by atoms with E-state index in [-0.39, 0.29) is 0 Å². The molecule has 2 heterocycles. The molecule has 5 aromatic carbocycles. The Morgan fingerprint density at radius 1 is 0.643 bits per heavy atom. The van der Waals surface area contributed by atoms with Gasteiger partial charge in [0, 0.05) is 22.5 Å². The fourth-order valence-corrected chi connectivity index (χ4v) is 5.35. The van der Waals surface area contributed by atoms with E-state index in [0.29, 0.717) is 5.56 Å². The van der Waals surface area contributed by atoms with Crippen molar-refractivity contribution in [1.29, 1.82) is 5.26 Å². The number of aromatic amines is 1. The van der Waals surface area contributed by atoms with Gasteiger partial charge in [0.25, 0.3) is 0 Å². The second-order valence-electron chi connectivity index (χ2n) is 10.2. The van der Waals surface area contributed by atoms with Gasteiger partial charge in [0.15, 0.2) is 0 Å². The van der Waals surface area contributed by atoms with Crippen molar-refractivity contribution in [2.75, 3.05) is 0 Å². The van der Waals surface area contributed by atoms with Gasteiger partial charge in [0.1, 0.15) is 22.8 Å². The molecular formula is C37H26N4O. The molecule has 0 radical (unpaired) electrons. The predicted octanol–water partition coefficient (Wildman–Crippen LogP) is 8.34. The number of furan rings is 1. The molecule has 5 nitrogen and oxygen atoms in total. The SMILES string of the molecule is N#Cc1ccc(-c2ccc3oc4ccc(-c5ccc(C(N)/N=c6\[nH]cccc6-c6ccccc6)cc5)cc4c3c2)cc1. The Morgan fingerprint density at radius 2 is 1.24 bits per heavy atom. The fourth-order valence-electron chi connectivity index (χ4n) is 5.35. The molecule has 3 N–H and O–H groups in total. The van der Waals surface area contributed by atoms with Crippen LogP contribution in [0.5, 0.6) is 0 Å². The zero-order valence-electron chi connectivity index (χ0n) is 22.7. The first kappa shape index (κ1) is 25.3. The molecule has 0 aliphatic carbocycles. The van der Waals surface area contributed by atoms with Crippen molar-refractivity contribution in [3.63, 3.8) is 0 Å². The smallest absolute Gasteiger partial charge is 0.135 e. The molecular weight excluding hydrogens is 516 g/mol. The first-order valence-electron chi connectivity index (χ1n) is 13.8. The van der Waals surface area contributed by atoms with E-state index in [1.807, 2.05) is 85.1 Å². The lowest BCUT2D eigenvalue weighted by Gasteiger charge is -2.10. The van der Waals surface area contributed by atoms with Gasteiger partial charge in [0.05, 0.1) is 11.6 Å². The Bertz CT molecular complexity index is 2150. The van der Waals surface area contributed by atoms with Crippen LogP contribution in [0, 0.1) is 11.3 Å². The molecule has 200 valence electrons. The minimum atomic E-state index is -0.513. The summed E-state index contributed by atoms with van der Waals surface area (Å²) in [5.74, 6) is 0. The average Bonchev–Trinajstić information content (AvgIpc) is 3.43. The lowest BCUT2D eigenvalue weighted by atomic mass is 9.99. The molecule has 0 saturated heterocycles. The molecule has 1 unspecified atom stereocenters. The van der Waals surface area contributed by atoms with Gasteiger partial charge >= 0.3 is 0 Å². The van der Waals surface area contributed by atoms with E-state index in [2.05, 4.69) is 59.6 Å². The van der Waals surface area contributed by atoms with Crippen molar-refractivity contribution >= 4 is 21.9 Å². The number of nitrogens with two attached hydrogens (primary N) is 1. The zero-order chi connectivity index (χ0) is 28.5. The van der Waals surface area contributed by atoms with Gasteiger partial charge in [-0.3, -0.25) is 0 Å². The van der Waals surface area contributed by atoms with Gasteiger partial charge in [-0.25, -0.2) is 4.99 Å². The third-order valence-corrected chi connectivity index (χ3v) is 7.59. The van der Waals surface area contributed by atoms with Crippen molar-refractivity contribution in [2.45, 2.75) is 6.17 Å². The van der Waals surface area contributed by atoms with Crippen LogP contribution >= 0.6 is 0 Å². The molecule has 42 heavy (non-hydrogen) atoms. The van der Waals surface area contributed by atoms with E-state index in [1.54, 1.807) is 0 Å². The average molecular weight is 543 g/mol. The van der Waals surface area contributed by atoms with Crippen molar-refractivity contribution < 1.29 is 4.42 Å². The summed E-state index contributed by atoms with van der Waals surface area (Å²) in [7, 11) is 0. The summed E-state index contributed by atoms with van der Waals surface area (Å²) in [6, 6.07) is 44.7. The van der Waals surface area contributed by atoms with E-state index in [9.17, 15) is 0 Å². The summed E-state index contributed by atoms with van der Waals surface area (Å²) in [5, 5.41) is 11.2. The number of hydrogen-bond donors (Lipinski definition) is 2. The van der Waals surface area contributed by atoms with Gasteiger partial charge in [-0.05, 0) is 81.9 Å². The maximum absolute atomic E-state index is 9.13. The fraction of sp³-hybridized carbons (Fsp3) is 0.0270. The molecule has 1 atom stereocenters. The Hall–Kier alpha value is -5.70. The lowest BCUT2D eigenvalue weighted by molar-refractivity contribution is 0.669. The molecule has 2 aromatic heterocycles. The molecule has 7 aromatic rings. The number of fused-ring (bicyclic) bond motifs is 3. The van der Waals surface area contributed by atoms with E-state index in [4.69, 9.17) is 20.4 Å². The van der Waals surface area contributed by atoms with Crippen LogP contribution < -0.4 is 11.2 Å². The number of nitrogens with one attached hydrogen (secondary N) is 1. The summed E-state index contributed by atoms with van der Waals surface area (Å²) < 4.78 is 6.14. The Labute approximate surface area is 242 Å². The number of nitrogens with zero attached hydrogens (tertiary/aromatic N) is 2. The van der Waals surface area contributed by atoms with Crippen LogP contribution in [0.2, 0.25) is 0 Å². The third-order valence-electron chi connectivity index (χ3n) is 7.59. The monoisotopic (exact) mass is 542 g/mol. The number of H-pyrrole nitrogens is 1. The number of aromatic nitrogens is 1. The van der Waals surface area contributed by atoms with E-state index in [0.717, 1.165) is 66.4 Å². The predicted molar refractivity (Wildman–Crippen MR) is 168 cm³/mol. The van der Waals surface area contributed by atoms with Gasteiger partial charge in [-0.2, -0.15) is 5.26 Å². The van der Waals surface area contributed by atoms with Gasteiger partial charge in [-0.1, -0.05) is 78.9 Å². The summed E-state index contributed by atoms with van der Waals surface area (Å²) in [4.78, 5) is 8.07. The first-order valence-corrected chi connectivity index (χ1v) is 13.8. The molecule has 0 aliphatic heterocycles. The number of pyridine rings is 1. The van der Waals surface area contributed by atoms with Crippen molar-refractivity contribution in [3.05, 3.63) is 150 Å². The van der Waals surface area contributed by atoms with E-state index >= 15 is 0 Å². The van der Waals surface area contributed by atoms with Gasteiger partial charge in [0.2, 0.25) is 0 Å². The van der Waals surface area contributed by atoms with Crippen LogP contribution in [0.1, 0.15) is 17.3 Å². The second kappa shape index (κ2) is 10.7. The largest absolute Gasteiger partial charge is 0.456 e. The number of benzene rings is 5. The molecule has 7 rings (SSSR count).